The Morgan fingerprint density at radius 2 is 1.60 bits per heavy atom. The number of ether oxygens (including phenoxy) is 2. The summed E-state index contributed by atoms with van der Waals surface area (Å²) < 4.78 is 11.3. The van der Waals surface area contributed by atoms with E-state index in [0.717, 1.165) is 6.54 Å². The van der Waals surface area contributed by atoms with E-state index in [-0.39, 0.29) is 0 Å². The van der Waals surface area contributed by atoms with Gasteiger partial charge in [-0.15, -0.1) is 0 Å². The van der Waals surface area contributed by atoms with Crippen LogP contribution in [0.15, 0.2) is 18.2 Å². The van der Waals surface area contributed by atoms with E-state index in [0.29, 0.717) is 42.5 Å². The Bertz CT molecular complexity index is 397. The van der Waals surface area contributed by atoms with E-state index >= 15 is 0 Å². The summed E-state index contributed by atoms with van der Waals surface area (Å²) in [5.41, 5.74) is 6.62. The highest BCUT2D eigenvalue weighted by atomic mass is 16.5. The third-order valence-corrected chi connectivity index (χ3v) is 3.26. The van der Waals surface area contributed by atoms with Gasteiger partial charge in [0.25, 0.3) is 0 Å². The van der Waals surface area contributed by atoms with Crippen LogP contribution in [0.25, 0.3) is 0 Å². The molecule has 20 heavy (non-hydrogen) atoms. The molecule has 1 aromatic rings. The molecule has 2 N–H and O–H groups in total. The molecule has 0 unspecified atom stereocenters. The largest absolute Gasteiger partial charge is 0.492 e. The smallest absolute Gasteiger partial charge is 0.146 e. The summed E-state index contributed by atoms with van der Waals surface area (Å²) in [6.07, 6.45) is 0. The molecular weight excluding hydrogens is 252 g/mol. The predicted molar refractivity (Wildman–Crippen MR) is 84.5 cm³/mol. The molecule has 0 amide bonds. The van der Waals surface area contributed by atoms with Gasteiger partial charge in [0, 0.05) is 18.6 Å². The maximum Gasteiger partial charge on any atom is 0.146 e. The fourth-order valence-electron chi connectivity index (χ4n) is 2.30. The van der Waals surface area contributed by atoms with Gasteiger partial charge in [0.2, 0.25) is 0 Å². The Balaban J connectivity index is 2.59. The molecular formula is C16H28N2O2. The molecule has 0 aliphatic rings. The number of nitrogens with zero attached hydrogens (tertiary/aromatic N) is 1. The number of hydrogen-bond acceptors (Lipinski definition) is 4. The van der Waals surface area contributed by atoms with Gasteiger partial charge in [-0.1, -0.05) is 6.07 Å². The van der Waals surface area contributed by atoms with Crippen molar-refractivity contribution in [2.45, 2.75) is 46.7 Å². The van der Waals surface area contributed by atoms with Crippen LogP contribution in [0.3, 0.4) is 0 Å². The summed E-state index contributed by atoms with van der Waals surface area (Å²) in [5, 5.41) is 0. The first-order chi connectivity index (χ1) is 9.47. The lowest BCUT2D eigenvalue weighted by Crippen LogP contribution is -2.39. The summed E-state index contributed by atoms with van der Waals surface area (Å²) in [6, 6.07) is 6.66. The lowest BCUT2D eigenvalue weighted by Gasteiger charge is -2.30. The van der Waals surface area contributed by atoms with E-state index in [9.17, 15) is 0 Å². The third-order valence-electron chi connectivity index (χ3n) is 3.26. The van der Waals surface area contributed by atoms with E-state index in [1.807, 2.05) is 25.1 Å². The number of nitrogen functional groups attached to an aromatic ring is 1. The fourth-order valence-corrected chi connectivity index (χ4v) is 2.30. The van der Waals surface area contributed by atoms with Crippen LogP contribution in [0.5, 0.6) is 11.5 Å². The molecule has 0 aliphatic heterocycles. The number of rotatable bonds is 8. The molecule has 0 aromatic heterocycles. The quantitative estimate of drug-likeness (QED) is 0.743. The van der Waals surface area contributed by atoms with E-state index < -0.39 is 0 Å². The van der Waals surface area contributed by atoms with Crippen LogP contribution in [-0.2, 0) is 0 Å². The van der Waals surface area contributed by atoms with Crippen molar-refractivity contribution in [3.63, 3.8) is 0 Å². The predicted octanol–water partition coefficient (Wildman–Crippen LogP) is 3.17. The standard InChI is InChI=1S/C16H28N2O2/c1-6-19-14-8-7-9-15(16(14)17)20-11-10-18(12(2)3)13(4)5/h7-9,12-13H,6,10-11,17H2,1-5H3. The molecule has 4 nitrogen and oxygen atoms in total. The maximum atomic E-state index is 6.04. The first-order valence-corrected chi connectivity index (χ1v) is 7.37. The highest BCUT2D eigenvalue weighted by Gasteiger charge is 2.13. The zero-order valence-corrected chi connectivity index (χ0v) is 13.3. The second kappa shape index (κ2) is 8.00. The second-order valence-electron chi connectivity index (χ2n) is 5.37. The number of nitrogens with two attached hydrogens (primary N) is 1. The molecule has 0 radical (unpaired) electrons. The zero-order valence-electron chi connectivity index (χ0n) is 13.3. The number of para-hydroxylation sites is 1. The minimum absolute atomic E-state index is 0.505. The highest BCUT2D eigenvalue weighted by molar-refractivity contribution is 5.62. The Hall–Kier alpha value is -1.42. The van der Waals surface area contributed by atoms with Gasteiger partial charge >= 0.3 is 0 Å². The summed E-state index contributed by atoms with van der Waals surface area (Å²) >= 11 is 0. The van der Waals surface area contributed by atoms with Crippen molar-refractivity contribution in [2.24, 2.45) is 0 Å². The van der Waals surface area contributed by atoms with E-state index in [2.05, 4.69) is 32.6 Å². The van der Waals surface area contributed by atoms with Gasteiger partial charge in [-0.25, -0.2) is 0 Å². The van der Waals surface area contributed by atoms with E-state index in [1.165, 1.54) is 0 Å². The van der Waals surface area contributed by atoms with Crippen molar-refractivity contribution >= 4 is 5.69 Å². The van der Waals surface area contributed by atoms with Crippen molar-refractivity contribution < 1.29 is 9.47 Å². The average molecular weight is 280 g/mol. The Morgan fingerprint density at radius 1 is 1.05 bits per heavy atom. The first-order valence-electron chi connectivity index (χ1n) is 7.37. The van der Waals surface area contributed by atoms with Crippen molar-refractivity contribution in [3.05, 3.63) is 18.2 Å². The number of benzene rings is 1. The molecule has 0 aliphatic carbocycles. The molecule has 1 rings (SSSR count). The molecule has 0 bridgehead atoms. The van der Waals surface area contributed by atoms with Gasteiger partial charge in [0.1, 0.15) is 23.8 Å². The summed E-state index contributed by atoms with van der Waals surface area (Å²) in [7, 11) is 0. The normalized spacial score (nSPS) is 11.4. The molecule has 4 heteroatoms. The van der Waals surface area contributed by atoms with Crippen molar-refractivity contribution in [3.8, 4) is 11.5 Å². The molecule has 1 aromatic carbocycles. The van der Waals surface area contributed by atoms with Crippen LogP contribution >= 0.6 is 0 Å². The fraction of sp³-hybridized carbons (Fsp3) is 0.625. The molecule has 0 atom stereocenters. The molecule has 0 spiro atoms. The lowest BCUT2D eigenvalue weighted by molar-refractivity contribution is 0.142. The monoisotopic (exact) mass is 280 g/mol. The van der Waals surface area contributed by atoms with Crippen LogP contribution in [0.4, 0.5) is 5.69 Å². The minimum Gasteiger partial charge on any atom is -0.492 e. The SMILES string of the molecule is CCOc1cccc(OCCN(C(C)C)C(C)C)c1N. The number of anilines is 1. The zero-order chi connectivity index (χ0) is 15.1. The first kappa shape index (κ1) is 16.6. The van der Waals surface area contributed by atoms with Crippen molar-refractivity contribution in [2.75, 3.05) is 25.5 Å². The van der Waals surface area contributed by atoms with Gasteiger partial charge in [-0.3, -0.25) is 4.90 Å². The van der Waals surface area contributed by atoms with Crippen LogP contribution < -0.4 is 15.2 Å². The van der Waals surface area contributed by atoms with Crippen LogP contribution in [0.2, 0.25) is 0 Å². The van der Waals surface area contributed by atoms with E-state index in [4.69, 9.17) is 15.2 Å². The second-order valence-corrected chi connectivity index (χ2v) is 5.37. The topological polar surface area (TPSA) is 47.7 Å². The van der Waals surface area contributed by atoms with Crippen molar-refractivity contribution in [1.29, 1.82) is 0 Å². The minimum atomic E-state index is 0.505. The maximum absolute atomic E-state index is 6.04. The van der Waals surface area contributed by atoms with Crippen LogP contribution in [0, 0.1) is 0 Å². The molecule has 114 valence electrons. The molecule has 0 fully saturated rings. The third kappa shape index (κ3) is 4.60. The van der Waals surface area contributed by atoms with Crippen LogP contribution in [-0.4, -0.2) is 36.7 Å². The average Bonchev–Trinajstić information content (AvgIpc) is 2.38. The van der Waals surface area contributed by atoms with Gasteiger partial charge in [-0.05, 0) is 46.8 Å². The Kier molecular flexibility index (Phi) is 6.65. The van der Waals surface area contributed by atoms with Gasteiger partial charge in [0.15, 0.2) is 0 Å². The lowest BCUT2D eigenvalue weighted by atomic mass is 10.2. The van der Waals surface area contributed by atoms with Crippen molar-refractivity contribution in [1.82, 2.24) is 4.90 Å². The summed E-state index contributed by atoms with van der Waals surface area (Å²) in [6.45, 7) is 12.8. The number of hydrogen-bond donors (Lipinski definition) is 1. The highest BCUT2D eigenvalue weighted by Crippen LogP contribution is 2.31. The van der Waals surface area contributed by atoms with Gasteiger partial charge in [-0.2, -0.15) is 0 Å². The Labute approximate surface area is 122 Å². The van der Waals surface area contributed by atoms with Crippen LogP contribution in [0.1, 0.15) is 34.6 Å². The van der Waals surface area contributed by atoms with Gasteiger partial charge < -0.3 is 15.2 Å². The Morgan fingerprint density at radius 3 is 2.10 bits per heavy atom. The summed E-state index contributed by atoms with van der Waals surface area (Å²) in [4.78, 5) is 2.39. The van der Waals surface area contributed by atoms with E-state index in [1.54, 1.807) is 0 Å². The molecule has 0 saturated heterocycles. The molecule has 0 saturated carbocycles. The molecule has 0 heterocycles. The van der Waals surface area contributed by atoms with Gasteiger partial charge in [0.05, 0.1) is 6.61 Å². The summed E-state index contributed by atoms with van der Waals surface area (Å²) in [5.74, 6) is 1.39.